The molecule has 1 aliphatic rings. The zero-order valence-electron chi connectivity index (χ0n) is 17.2. The van der Waals surface area contributed by atoms with Gasteiger partial charge in [-0.1, -0.05) is 30.7 Å². The van der Waals surface area contributed by atoms with Crippen LogP contribution in [0, 0.1) is 13.8 Å². The molecule has 1 N–H and O–H groups in total. The molecule has 3 aromatic heterocycles. The Balaban J connectivity index is 1.53. The van der Waals surface area contributed by atoms with Crippen molar-refractivity contribution < 1.29 is 4.79 Å². The summed E-state index contributed by atoms with van der Waals surface area (Å²) >= 11 is 2.78. The number of amides is 1. The van der Waals surface area contributed by atoms with Crippen LogP contribution in [0.25, 0.3) is 10.2 Å². The first-order valence-corrected chi connectivity index (χ1v) is 11.9. The van der Waals surface area contributed by atoms with Crippen molar-refractivity contribution in [3.05, 3.63) is 45.7 Å². The highest BCUT2D eigenvalue weighted by Crippen LogP contribution is 2.31. The summed E-state index contributed by atoms with van der Waals surface area (Å²) in [5.74, 6) is 0.746. The first-order valence-electron chi connectivity index (χ1n) is 10.1. The Labute approximate surface area is 183 Å². The van der Waals surface area contributed by atoms with Crippen molar-refractivity contribution in [3.63, 3.8) is 0 Å². The summed E-state index contributed by atoms with van der Waals surface area (Å²) in [6, 6.07) is 2.19. The lowest BCUT2D eigenvalue weighted by molar-refractivity contribution is -0.113. The average Bonchev–Trinajstić information content (AvgIpc) is 3.44. The number of aryl methyl sites for hydroxylation is 2. The highest BCUT2D eigenvalue weighted by molar-refractivity contribution is 7.99. The van der Waals surface area contributed by atoms with E-state index in [9.17, 15) is 9.59 Å². The van der Waals surface area contributed by atoms with Crippen LogP contribution in [-0.2, 0) is 11.3 Å². The molecule has 158 valence electrons. The number of hydrogen-bond donors (Lipinski definition) is 1. The van der Waals surface area contributed by atoms with E-state index in [1.165, 1.54) is 35.9 Å². The lowest BCUT2D eigenvalue weighted by atomic mass is 10.2. The van der Waals surface area contributed by atoms with Gasteiger partial charge in [-0.25, -0.2) is 9.67 Å². The highest BCUT2D eigenvalue weighted by atomic mass is 32.2. The zero-order valence-corrected chi connectivity index (χ0v) is 18.8. The van der Waals surface area contributed by atoms with Gasteiger partial charge in [0.15, 0.2) is 5.16 Å². The number of rotatable bonds is 7. The van der Waals surface area contributed by atoms with Crippen molar-refractivity contribution in [1.82, 2.24) is 19.3 Å². The molecule has 4 rings (SSSR count). The van der Waals surface area contributed by atoms with E-state index in [0.717, 1.165) is 33.9 Å². The van der Waals surface area contributed by atoms with Gasteiger partial charge in [-0.05, 0) is 32.3 Å². The lowest BCUT2D eigenvalue weighted by Gasteiger charge is -2.15. The Morgan fingerprint density at radius 1 is 1.40 bits per heavy atom. The van der Waals surface area contributed by atoms with Crippen molar-refractivity contribution in [2.24, 2.45) is 0 Å². The third-order valence-electron chi connectivity index (χ3n) is 5.51. The quantitative estimate of drug-likeness (QED) is 0.334. The highest BCUT2D eigenvalue weighted by Gasteiger charge is 2.21. The number of nitrogens with one attached hydrogen (secondary N) is 1. The number of carbonyl (C=O) groups excluding carboxylic acids is 1. The maximum atomic E-state index is 13.0. The van der Waals surface area contributed by atoms with Gasteiger partial charge in [-0.15, -0.1) is 17.9 Å². The van der Waals surface area contributed by atoms with Gasteiger partial charge in [-0.2, -0.15) is 5.10 Å². The maximum absolute atomic E-state index is 13.0. The molecule has 0 saturated heterocycles. The number of anilines is 1. The number of thioether (sulfide) groups is 1. The fourth-order valence-electron chi connectivity index (χ4n) is 3.87. The van der Waals surface area contributed by atoms with E-state index in [-0.39, 0.29) is 17.2 Å². The average molecular weight is 444 g/mol. The Hall–Kier alpha value is -2.39. The van der Waals surface area contributed by atoms with Gasteiger partial charge < -0.3 is 5.32 Å². The van der Waals surface area contributed by atoms with Gasteiger partial charge in [-0.3, -0.25) is 14.2 Å². The lowest BCUT2D eigenvalue weighted by Crippen LogP contribution is -2.24. The number of carbonyl (C=O) groups is 1. The molecule has 0 atom stereocenters. The van der Waals surface area contributed by atoms with Gasteiger partial charge in [0.1, 0.15) is 10.6 Å². The first-order chi connectivity index (χ1) is 14.5. The molecule has 30 heavy (non-hydrogen) atoms. The number of allylic oxidation sites excluding steroid dienone is 1. The third-order valence-corrected chi connectivity index (χ3v) is 7.58. The number of aromatic nitrogens is 4. The minimum Gasteiger partial charge on any atom is -0.310 e. The van der Waals surface area contributed by atoms with E-state index >= 15 is 0 Å². The van der Waals surface area contributed by atoms with E-state index in [0.29, 0.717) is 23.1 Å². The van der Waals surface area contributed by atoms with Crippen LogP contribution < -0.4 is 10.9 Å². The number of nitrogens with zero attached hydrogens (tertiary/aromatic N) is 4. The van der Waals surface area contributed by atoms with Crippen molar-refractivity contribution in [1.29, 1.82) is 0 Å². The van der Waals surface area contributed by atoms with Crippen LogP contribution >= 0.6 is 23.1 Å². The largest absolute Gasteiger partial charge is 0.310 e. The van der Waals surface area contributed by atoms with E-state index in [1.807, 2.05) is 24.6 Å². The summed E-state index contributed by atoms with van der Waals surface area (Å²) in [5.41, 5.74) is 0.892. The van der Waals surface area contributed by atoms with Crippen molar-refractivity contribution in [3.8, 4) is 0 Å². The molecule has 0 unspecified atom stereocenters. The summed E-state index contributed by atoms with van der Waals surface area (Å²) in [7, 11) is 0. The summed E-state index contributed by atoms with van der Waals surface area (Å²) in [5, 5.41) is 8.55. The van der Waals surface area contributed by atoms with Crippen LogP contribution in [0.2, 0.25) is 0 Å². The van der Waals surface area contributed by atoms with Crippen LogP contribution in [0.15, 0.2) is 34.9 Å². The molecule has 0 bridgehead atoms. The molecule has 0 aromatic carbocycles. The number of hydrogen-bond acceptors (Lipinski definition) is 6. The topological polar surface area (TPSA) is 81.8 Å². The van der Waals surface area contributed by atoms with Gasteiger partial charge in [0, 0.05) is 17.5 Å². The summed E-state index contributed by atoms with van der Waals surface area (Å²) in [4.78, 5) is 32.1. The van der Waals surface area contributed by atoms with Crippen molar-refractivity contribution in [2.45, 2.75) is 57.3 Å². The predicted molar refractivity (Wildman–Crippen MR) is 123 cm³/mol. The smallest absolute Gasteiger partial charge is 0.263 e. The molecule has 9 heteroatoms. The second kappa shape index (κ2) is 8.77. The summed E-state index contributed by atoms with van der Waals surface area (Å²) in [6.07, 6.45) is 7.98. The molecule has 1 fully saturated rings. The minimum absolute atomic E-state index is 0.0797. The Morgan fingerprint density at radius 2 is 2.17 bits per heavy atom. The van der Waals surface area contributed by atoms with Crippen molar-refractivity contribution in [2.75, 3.05) is 11.1 Å². The van der Waals surface area contributed by atoms with Gasteiger partial charge in [0.2, 0.25) is 5.91 Å². The van der Waals surface area contributed by atoms with E-state index in [4.69, 9.17) is 0 Å². The van der Waals surface area contributed by atoms with Crippen LogP contribution in [0.3, 0.4) is 0 Å². The van der Waals surface area contributed by atoms with Crippen LogP contribution in [0.4, 0.5) is 5.82 Å². The number of fused-ring (bicyclic) bond motifs is 1. The molecule has 0 aliphatic heterocycles. The van der Waals surface area contributed by atoms with E-state index in [2.05, 4.69) is 22.0 Å². The Morgan fingerprint density at radius 3 is 2.90 bits per heavy atom. The minimum atomic E-state index is -0.141. The molecular formula is C21H25N5O2S2. The first kappa shape index (κ1) is 20.9. The summed E-state index contributed by atoms with van der Waals surface area (Å²) in [6.45, 7) is 8.05. The standard InChI is InChI=1S/C21H25N5O2S2/c1-4-11-25-20(28)18-13(2)14(3)30-19(18)24-21(25)29-12-17(27)23-16-9-10-22-26(16)15-7-5-6-8-15/h4,9-10,15H,1,5-8,11-12H2,2-3H3,(H,23,27). The second-order valence-corrected chi connectivity index (χ2v) is 9.64. The molecule has 1 saturated carbocycles. The SMILES string of the molecule is C=CCn1c(SCC(=O)Nc2ccnn2C2CCCC2)nc2sc(C)c(C)c2c1=O. The molecule has 3 aromatic rings. The predicted octanol–water partition coefficient (Wildman–Crippen LogP) is 4.30. The normalized spacial score (nSPS) is 14.5. The Bertz CT molecular complexity index is 1150. The Kier molecular flexibility index (Phi) is 6.10. The fourth-order valence-corrected chi connectivity index (χ4v) is 5.75. The van der Waals surface area contributed by atoms with E-state index < -0.39 is 0 Å². The maximum Gasteiger partial charge on any atom is 0.263 e. The molecule has 0 radical (unpaired) electrons. The second-order valence-electron chi connectivity index (χ2n) is 7.50. The van der Waals surface area contributed by atoms with Gasteiger partial charge >= 0.3 is 0 Å². The summed E-state index contributed by atoms with van der Waals surface area (Å²) < 4.78 is 3.51. The van der Waals surface area contributed by atoms with Gasteiger partial charge in [0.05, 0.1) is 23.4 Å². The van der Waals surface area contributed by atoms with Gasteiger partial charge in [0.25, 0.3) is 5.56 Å². The molecule has 3 heterocycles. The molecule has 7 nitrogen and oxygen atoms in total. The third kappa shape index (κ3) is 3.96. The van der Waals surface area contributed by atoms with Crippen LogP contribution in [0.5, 0.6) is 0 Å². The van der Waals surface area contributed by atoms with Crippen LogP contribution in [0.1, 0.15) is 42.2 Å². The molecular weight excluding hydrogens is 418 g/mol. The molecule has 0 spiro atoms. The zero-order chi connectivity index (χ0) is 21.3. The van der Waals surface area contributed by atoms with Crippen molar-refractivity contribution >= 4 is 45.0 Å². The molecule has 1 amide bonds. The van der Waals surface area contributed by atoms with E-state index in [1.54, 1.807) is 16.8 Å². The molecule has 1 aliphatic carbocycles. The fraction of sp³-hybridized carbons (Fsp3) is 0.429. The number of thiophene rings is 1. The van der Waals surface area contributed by atoms with Crippen LogP contribution in [-0.4, -0.2) is 31.0 Å². The monoisotopic (exact) mass is 443 g/mol.